The van der Waals surface area contributed by atoms with E-state index >= 15 is 0 Å². The first-order chi connectivity index (χ1) is 3.83. The third-order valence-electron chi connectivity index (χ3n) is 1.66. The molecule has 0 amide bonds. The van der Waals surface area contributed by atoms with Gasteiger partial charge in [0.1, 0.15) is 0 Å². The average Bonchev–Trinajstić information content (AvgIpc) is 2.14. The van der Waals surface area contributed by atoms with Gasteiger partial charge in [0.2, 0.25) is 0 Å². The van der Waals surface area contributed by atoms with Crippen molar-refractivity contribution in [1.29, 1.82) is 0 Å². The molecule has 0 aromatic heterocycles. The van der Waals surface area contributed by atoms with Crippen molar-refractivity contribution in [2.24, 2.45) is 5.92 Å². The molecule has 2 unspecified atom stereocenters. The fourth-order valence-corrected chi connectivity index (χ4v) is 1.39. The molecule has 48 valence electrons. The second-order valence-electron chi connectivity index (χ2n) is 2.57. The van der Waals surface area contributed by atoms with E-state index in [0.717, 1.165) is 18.3 Å². The predicted octanol–water partition coefficient (Wildman–Crippen LogP) is 1.22. The van der Waals surface area contributed by atoms with Gasteiger partial charge in [-0.25, -0.2) is 0 Å². The van der Waals surface area contributed by atoms with Crippen LogP contribution in [0.3, 0.4) is 0 Å². The van der Waals surface area contributed by atoms with Gasteiger partial charge in [0.25, 0.3) is 0 Å². The van der Waals surface area contributed by atoms with Crippen LogP contribution in [0.1, 0.15) is 13.3 Å². The normalized spacial score (nSPS) is 38.2. The Hall–Kier alpha value is 0.250. The van der Waals surface area contributed by atoms with Gasteiger partial charge in [-0.3, -0.25) is 0 Å². The maximum Gasteiger partial charge on any atom is 0.0264 e. The van der Waals surface area contributed by atoms with Crippen molar-refractivity contribution in [3.05, 3.63) is 0 Å². The Labute approximate surface area is 55.4 Å². The lowest BCUT2D eigenvalue weighted by atomic mass is 10.1. The third-order valence-corrected chi connectivity index (χ3v) is 2.10. The quantitative estimate of drug-likeness (QED) is 0.531. The third kappa shape index (κ3) is 1.36. The van der Waals surface area contributed by atoms with Crippen molar-refractivity contribution < 1.29 is 0 Å². The summed E-state index contributed by atoms with van der Waals surface area (Å²) in [6.07, 6.45) is 1.25. The average molecular weight is 134 g/mol. The van der Waals surface area contributed by atoms with E-state index in [-0.39, 0.29) is 0 Å². The summed E-state index contributed by atoms with van der Waals surface area (Å²) in [6, 6.07) is 0.693. The Kier molecular flexibility index (Phi) is 2.15. The molecule has 0 aliphatic carbocycles. The van der Waals surface area contributed by atoms with E-state index in [4.69, 9.17) is 11.6 Å². The number of halogens is 1. The molecule has 1 saturated heterocycles. The van der Waals surface area contributed by atoms with Gasteiger partial charge in [0.05, 0.1) is 0 Å². The predicted molar refractivity (Wildman–Crippen MR) is 36.3 cm³/mol. The fourth-order valence-electron chi connectivity index (χ4n) is 1.15. The monoisotopic (exact) mass is 133 g/mol. The second-order valence-corrected chi connectivity index (χ2v) is 2.87. The second kappa shape index (κ2) is 2.70. The molecule has 2 atom stereocenters. The van der Waals surface area contributed by atoms with Crippen LogP contribution in [0.4, 0.5) is 0 Å². The van der Waals surface area contributed by atoms with Crippen LogP contribution < -0.4 is 5.32 Å². The Morgan fingerprint density at radius 1 is 1.75 bits per heavy atom. The lowest BCUT2D eigenvalue weighted by Crippen LogP contribution is -2.16. The van der Waals surface area contributed by atoms with E-state index in [1.54, 1.807) is 0 Å². The molecule has 8 heavy (non-hydrogen) atoms. The molecule has 1 nitrogen and oxygen atoms in total. The highest BCUT2D eigenvalue weighted by molar-refractivity contribution is 6.18. The number of nitrogens with one attached hydrogen (secondary N) is 1. The van der Waals surface area contributed by atoms with Crippen LogP contribution in [0.5, 0.6) is 0 Å². The van der Waals surface area contributed by atoms with Crippen LogP contribution in [0.25, 0.3) is 0 Å². The molecule has 0 radical (unpaired) electrons. The molecule has 1 aliphatic heterocycles. The molecule has 0 aromatic rings. The standard InChI is InChI=1S/C6H12ClN/c1-5-2-6(3-7)4-8-5/h5-6,8H,2-4H2,1H3. The van der Waals surface area contributed by atoms with Gasteiger partial charge in [-0.15, -0.1) is 11.6 Å². The van der Waals surface area contributed by atoms with Crippen molar-refractivity contribution in [2.45, 2.75) is 19.4 Å². The van der Waals surface area contributed by atoms with Crippen molar-refractivity contribution in [3.63, 3.8) is 0 Å². The smallest absolute Gasteiger partial charge is 0.0264 e. The van der Waals surface area contributed by atoms with Gasteiger partial charge in [0, 0.05) is 11.9 Å². The van der Waals surface area contributed by atoms with E-state index in [1.807, 2.05) is 0 Å². The summed E-state index contributed by atoms with van der Waals surface area (Å²) in [4.78, 5) is 0. The molecule has 1 rings (SSSR count). The molecular formula is C6H12ClN. The minimum Gasteiger partial charge on any atom is -0.314 e. The molecule has 1 fully saturated rings. The van der Waals surface area contributed by atoms with Gasteiger partial charge in [-0.05, 0) is 25.8 Å². The molecule has 1 aliphatic rings. The van der Waals surface area contributed by atoms with Crippen molar-refractivity contribution >= 4 is 11.6 Å². The maximum atomic E-state index is 5.63. The van der Waals surface area contributed by atoms with Gasteiger partial charge < -0.3 is 5.32 Å². The van der Waals surface area contributed by atoms with Crippen LogP contribution >= 0.6 is 11.6 Å². The van der Waals surface area contributed by atoms with Gasteiger partial charge in [-0.1, -0.05) is 0 Å². The minimum atomic E-state index is 0.693. The SMILES string of the molecule is CC1CC(CCl)CN1. The van der Waals surface area contributed by atoms with Crippen molar-refractivity contribution in [1.82, 2.24) is 5.32 Å². The molecule has 1 N–H and O–H groups in total. The Morgan fingerprint density at radius 3 is 2.75 bits per heavy atom. The summed E-state index contributed by atoms with van der Waals surface area (Å²) in [5.74, 6) is 1.55. The van der Waals surface area contributed by atoms with Crippen LogP contribution in [0.2, 0.25) is 0 Å². The summed E-state index contributed by atoms with van der Waals surface area (Å²) in [7, 11) is 0. The first-order valence-corrected chi connectivity index (χ1v) is 3.65. The number of hydrogen-bond acceptors (Lipinski definition) is 1. The van der Waals surface area contributed by atoms with Crippen LogP contribution in [0, 0.1) is 5.92 Å². The molecule has 0 saturated carbocycles. The zero-order valence-electron chi connectivity index (χ0n) is 5.15. The molecule has 1 heterocycles. The summed E-state index contributed by atoms with van der Waals surface area (Å²) in [5.41, 5.74) is 0. The van der Waals surface area contributed by atoms with E-state index < -0.39 is 0 Å². The summed E-state index contributed by atoms with van der Waals surface area (Å²) in [6.45, 7) is 3.32. The first kappa shape index (κ1) is 6.37. The number of rotatable bonds is 1. The van der Waals surface area contributed by atoms with Crippen LogP contribution in [-0.2, 0) is 0 Å². The summed E-state index contributed by atoms with van der Waals surface area (Å²) < 4.78 is 0. The highest BCUT2D eigenvalue weighted by Crippen LogP contribution is 2.13. The molecule has 0 bridgehead atoms. The molecular weight excluding hydrogens is 122 g/mol. The zero-order chi connectivity index (χ0) is 5.98. The Morgan fingerprint density at radius 2 is 2.50 bits per heavy atom. The van der Waals surface area contributed by atoms with E-state index in [0.29, 0.717) is 6.04 Å². The lowest BCUT2D eigenvalue weighted by Gasteiger charge is -1.99. The van der Waals surface area contributed by atoms with Crippen LogP contribution in [0.15, 0.2) is 0 Å². The topological polar surface area (TPSA) is 12.0 Å². The van der Waals surface area contributed by atoms with Crippen molar-refractivity contribution in [2.75, 3.05) is 12.4 Å². The Bertz CT molecular complexity index is 74.9. The zero-order valence-corrected chi connectivity index (χ0v) is 5.91. The maximum absolute atomic E-state index is 5.63. The van der Waals surface area contributed by atoms with Crippen molar-refractivity contribution in [3.8, 4) is 0 Å². The summed E-state index contributed by atoms with van der Waals surface area (Å²) >= 11 is 5.63. The van der Waals surface area contributed by atoms with Gasteiger partial charge in [0.15, 0.2) is 0 Å². The highest BCUT2D eigenvalue weighted by atomic mass is 35.5. The number of hydrogen-bond donors (Lipinski definition) is 1. The summed E-state index contributed by atoms with van der Waals surface area (Å²) in [5, 5.41) is 3.34. The Balaban J connectivity index is 2.22. The van der Waals surface area contributed by atoms with E-state index in [1.165, 1.54) is 6.42 Å². The molecule has 0 aromatic carbocycles. The lowest BCUT2D eigenvalue weighted by molar-refractivity contribution is 0.627. The van der Waals surface area contributed by atoms with E-state index in [2.05, 4.69) is 12.2 Å². The fraction of sp³-hybridized carbons (Fsp3) is 1.00. The van der Waals surface area contributed by atoms with Crippen LogP contribution in [-0.4, -0.2) is 18.5 Å². The minimum absolute atomic E-state index is 0.693. The first-order valence-electron chi connectivity index (χ1n) is 3.12. The van der Waals surface area contributed by atoms with E-state index in [9.17, 15) is 0 Å². The molecule has 0 spiro atoms. The number of alkyl halides is 1. The largest absolute Gasteiger partial charge is 0.314 e. The van der Waals surface area contributed by atoms with Gasteiger partial charge >= 0.3 is 0 Å². The van der Waals surface area contributed by atoms with Gasteiger partial charge in [-0.2, -0.15) is 0 Å². The molecule has 2 heteroatoms. The highest BCUT2D eigenvalue weighted by Gasteiger charge is 2.18.